The lowest BCUT2D eigenvalue weighted by Crippen LogP contribution is -2.48. The normalized spacial score (nSPS) is 12.6. The van der Waals surface area contributed by atoms with Crippen LogP contribution < -0.4 is 26.2 Å². The Hall–Kier alpha value is -8.62. The summed E-state index contributed by atoms with van der Waals surface area (Å²) in [5.41, 5.74) is 8.95. The van der Waals surface area contributed by atoms with Crippen molar-refractivity contribution in [2.24, 2.45) is 0 Å². The quantitative estimate of drug-likeness (QED) is 0.0261. The average molecular weight is 1040 g/mol. The van der Waals surface area contributed by atoms with E-state index in [0.717, 1.165) is 63.1 Å². The second kappa shape index (κ2) is 27.3. The van der Waals surface area contributed by atoms with Crippen molar-refractivity contribution < 1.29 is 38.2 Å². The molecule has 1 saturated heterocycles. The minimum atomic E-state index is -0.849. The van der Waals surface area contributed by atoms with Crippen molar-refractivity contribution in [2.75, 3.05) is 76.0 Å². The number of aromatic nitrogens is 3. The maximum atomic E-state index is 13.4. The van der Waals surface area contributed by atoms with E-state index in [9.17, 15) is 24.0 Å². The second-order valence-electron chi connectivity index (χ2n) is 18.6. The van der Waals surface area contributed by atoms with Gasteiger partial charge in [0.05, 0.1) is 45.8 Å². The van der Waals surface area contributed by atoms with E-state index < -0.39 is 6.04 Å². The molecule has 0 spiro atoms. The number of anilines is 2. The molecule has 0 unspecified atom stereocenters. The number of aryl methyl sites for hydroxylation is 2. The predicted molar refractivity (Wildman–Crippen MR) is 297 cm³/mol. The van der Waals surface area contributed by atoms with Gasteiger partial charge < -0.3 is 40.4 Å². The second-order valence-corrected chi connectivity index (χ2v) is 18.6. The molecule has 3 heterocycles. The number of terminal acetylenes is 1. The minimum Gasteiger partial charge on any atom is -0.378 e. The number of rotatable bonds is 24. The highest BCUT2D eigenvalue weighted by atomic mass is 16.5. The summed E-state index contributed by atoms with van der Waals surface area (Å²) in [6, 6.07) is 36.2. The van der Waals surface area contributed by atoms with Crippen LogP contribution in [0.15, 0.2) is 134 Å². The molecule has 16 nitrogen and oxygen atoms in total. The van der Waals surface area contributed by atoms with Crippen molar-refractivity contribution in [3.05, 3.63) is 173 Å². The topological polar surface area (TPSA) is 203 Å². The van der Waals surface area contributed by atoms with Crippen LogP contribution in [0.25, 0.3) is 33.2 Å². The number of nitrogens with one attached hydrogen (secondary N) is 4. The Morgan fingerprint density at radius 1 is 0.727 bits per heavy atom. The van der Waals surface area contributed by atoms with Crippen molar-refractivity contribution in [3.8, 4) is 34.7 Å². The van der Waals surface area contributed by atoms with Gasteiger partial charge in [-0.1, -0.05) is 78.9 Å². The molecule has 5 aromatic carbocycles. The number of morpholine rings is 1. The summed E-state index contributed by atoms with van der Waals surface area (Å²) in [5, 5.41) is 22.3. The van der Waals surface area contributed by atoms with Crippen molar-refractivity contribution in [2.45, 2.75) is 45.6 Å². The van der Waals surface area contributed by atoms with Gasteiger partial charge in [0.2, 0.25) is 11.8 Å². The molecule has 7 aromatic rings. The smallest absolute Gasteiger partial charge is 0.255 e. The van der Waals surface area contributed by atoms with Gasteiger partial charge in [-0.15, -0.1) is 17.4 Å². The molecule has 0 saturated carbocycles. The summed E-state index contributed by atoms with van der Waals surface area (Å²) in [4.78, 5) is 72.1. The molecular weight excluding hydrogens is 973 g/mol. The summed E-state index contributed by atoms with van der Waals surface area (Å²) in [6.45, 7) is 8.19. The van der Waals surface area contributed by atoms with E-state index in [-0.39, 0.29) is 81.8 Å². The summed E-state index contributed by atoms with van der Waals surface area (Å²) < 4.78 is 16.8. The Balaban J connectivity index is 0.770. The van der Waals surface area contributed by atoms with Crippen molar-refractivity contribution in [1.82, 2.24) is 31.1 Å². The van der Waals surface area contributed by atoms with Gasteiger partial charge in [-0.25, -0.2) is 4.98 Å². The highest BCUT2D eigenvalue weighted by molar-refractivity contribution is 6.09. The molecule has 394 valence electrons. The first-order valence-electron chi connectivity index (χ1n) is 25.7. The van der Waals surface area contributed by atoms with E-state index in [1.165, 1.54) is 0 Å². The number of benzene rings is 5. The summed E-state index contributed by atoms with van der Waals surface area (Å²) in [5.74, 6) is 2.06. The standard InChI is InChI=1S/C61H62N8O8/c1-4-5-7-12-56(70)67-54(36-43-14-16-45(17-15-43)58(71)44-10-8-6-9-11-44)61(74)64-26-30-76-34-33-75-29-25-63-59(72)47-19-21-51(42(3)35-47)57-52-22-18-46(37-49(52)40-65-68-57)53-39-50(20-13-41(53)2)66-60(73)48-23-24-62-55(38-48)69-27-31-77-32-28-69/h1,6,8-11,13-24,35,37-40,54H,5,7,12,25-34,36H2,2-3H3,(H,63,72)(H,64,74)(H,66,73)(H,67,70)/t54-/m1/s1. The largest absolute Gasteiger partial charge is 0.378 e. The number of hydrogen-bond donors (Lipinski definition) is 4. The Kier molecular flexibility index (Phi) is 19.3. The Labute approximate surface area is 448 Å². The fourth-order valence-corrected chi connectivity index (χ4v) is 8.91. The number of fused-ring (bicyclic) bond motifs is 1. The summed E-state index contributed by atoms with van der Waals surface area (Å²) in [7, 11) is 0. The summed E-state index contributed by atoms with van der Waals surface area (Å²) >= 11 is 0. The van der Waals surface area contributed by atoms with Crippen molar-refractivity contribution in [3.63, 3.8) is 0 Å². The third kappa shape index (κ3) is 15.0. The van der Waals surface area contributed by atoms with Crippen LogP contribution >= 0.6 is 0 Å². The Morgan fingerprint density at radius 3 is 2.21 bits per heavy atom. The van der Waals surface area contributed by atoms with E-state index in [4.69, 9.17) is 20.6 Å². The molecule has 77 heavy (non-hydrogen) atoms. The number of pyridine rings is 1. The highest BCUT2D eigenvalue weighted by Gasteiger charge is 2.22. The third-order valence-corrected chi connectivity index (χ3v) is 13.1. The van der Waals surface area contributed by atoms with Crippen LogP contribution in [0, 0.1) is 26.2 Å². The molecule has 4 N–H and O–H groups in total. The van der Waals surface area contributed by atoms with Crippen LogP contribution in [0.2, 0.25) is 0 Å². The van der Waals surface area contributed by atoms with E-state index in [2.05, 4.69) is 53.3 Å². The molecule has 2 aromatic heterocycles. The number of unbranched alkanes of at least 4 members (excludes halogenated alkanes) is 1. The third-order valence-electron chi connectivity index (χ3n) is 13.1. The lowest BCUT2D eigenvalue weighted by molar-refractivity contribution is -0.129. The van der Waals surface area contributed by atoms with Gasteiger partial charge in [-0.3, -0.25) is 24.0 Å². The lowest BCUT2D eigenvalue weighted by Gasteiger charge is -2.27. The fourth-order valence-electron chi connectivity index (χ4n) is 8.91. The van der Waals surface area contributed by atoms with E-state index in [1.807, 2.05) is 80.6 Å². The molecule has 0 bridgehead atoms. The average Bonchev–Trinajstić information content (AvgIpc) is 3.47. The Morgan fingerprint density at radius 2 is 1.45 bits per heavy atom. The molecule has 1 fully saturated rings. The Bertz CT molecular complexity index is 3250. The zero-order valence-corrected chi connectivity index (χ0v) is 43.3. The molecule has 1 atom stereocenters. The number of ketones is 1. The minimum absolute atomic E-state index is 0.104. The molecule has 16 heteroatoms. The van der Waals surface area contributed by atoms with Gasteiger partial charge in [0, 0.05) is 95.9 Å². The first-order chi connectivity index (χ1) is 37.5. The molecule has 0 aliphatic carbocycles. The van der Waals surface area contributed by atoms with Gasteiger partial charge in [0.15, 0.2) is 5.78 Å². The number of amides is 4. The maximum absolute atomic E-state index is 13.4. The van der Waals surface area contributed by atoms with E-state index in [1.54, 1.807) is 60.9 Å². The maximum Gasteiger partial charge on any atom is 0.255 e. The van der Waals surface area contributed by atoms with E-state index in [0.29, 0.717) is 59.7 Å². The van der Waals surface area contributed by atoms with Crippen LogP contribution in [-0.2, 0) is 30.2 Å². The molecular formula is C61H62N8O8. The van der Waals surface area contributed by atoms with Crippen LogP contribution in [0.1, 0.15) is 72.6 Å². The first-order valence-corrected chi connectivity index (χ1v) is 25.7. The van der Waals surface area contributed by atoms with Gasteiger partial charge in [0.1, 0.15) is 17.6 Å². The van der Waals surface area contributed by atoms with Gasteiger partial charge >= 0.3 is 0 Å². The fraction of sp³-hybridized carbons (Fsp3) is 0.279. The summed E-state index contributed by atoms with van der Waals surface area (Å²) in [6.07, 6.45) is 10.1. The number of carbonyl (C=O) groups excluding carboxylic acids is 5. The van der Waals surface area contributed by atoms with Crippen LogP contribution in [0.4, 0.5) is 11.5 Å². The van der Waals surface area contributed by atoms with Gasteiger partial charge in [0.25, 0.3) is 11.8 Å². The number of hydrogen-bond acceptors (Lipinski definition) is 12. The molecule has 1 aliphatic heterocycles. The van der Waals surface area contributed by atoms with E-state index >= 15 is 0 Å². The van der Waals surface area contributed by atoms with Crippen molar-refractivity contribution in [1.29, 1.82) is 0 Å². The SMILES string of the molecule is C#CCCCC(=O)N[C@H](Cc1ccc(C(=O)c2ccccc2)cc1)C(=O)NCCOCCOCCNC(=O)c1ccc(-c2nncc3cc(-c4cc(NC(=O)c5ccnc(N6CCOCC6)c5)ccc4C)ccc23)c(C)c1. The van der Waals surface area contributed by atoms with Crippen LogP contribution in [0.5, 0.6) is 0 Å². The molecule has 8 rings (SSSR count). The van der Waals surface area contributed by atoms with Crippen molar-refractivity contribution >= 4 is 51.7 Å². The van der Waals surface area contributed by atoms with Crippen LogP contribution in [-0.4, -0.2) is 116 Å². The molecule has 1 aliphatic rings. The lowest BCUT2D eigenvalue weighted by atomic mass is 9.95. The first kappa shape index (κ1) is 54.6. The number of nitrogens with zero attached hydrogens (tertiary/aromatic N) is 4. The number of carbonyl (C=O) groups is 5. The van der Waals surface area contributed by atoms with Gasteiger partial charge in [-0.05, 0) is 90.6 Å². The van der Waals surface area contributed by atoms with Gasteiger partial charge in [-0.2, -0.15) is 5.10 Å². The zero-order valence-electron chi connectivity index (χ0n) is 43.3. The monoisotopic (exact) mass is 1030 g/mol. The molecule has 4 amide bonds. The van der Waals surface area contributed by atoms with Crippen LogP contribution in [0.3, 0.4) is 0 Å². The number of ether oxygens (including phenoxy) is 3. The zero-order chi connectivity index (χ0) is 53.9. The predicted octanol–water partition coefficient (Wildman–Crippen LogP) is 7.71. The highest BCUT2D eigenvalue weighted by Crippen LogP contribution is 2.34. The molecule has 0 radical (unpaired) electrons.